The van der Waals surface area contributed by atoms with Gasteiger partial charge in [-0.25, -0.2) is 5.43 Å². The molecule has 2 N–H and O–H groups in total. The van der Waals surface area contributed by atoms with Gasteiger partial charge in [0.05, 0.1) is 17.8 Å². The molecule has 0 saturated carbocycles. The number of para-hydroxylation sites is 1. The van der Waals surface area contributed by atoms with Crippen LogP contribution in [0.2, 0.25) is 0 Å². The number of benzene rings is 3. The zero-order chi connectivity index (χ0) is 24.3. The molecule has 0 unspecified atom stereocenters. The SMILES string of the molecule is COc1cc(C=NNC(=O)CCC(=O)Nc2ccccc2)cc(Br)c1OCc1ccc(Br)cc1. The van der Waals surface area contributed by atoms with Gasteiger partial charge in [-0.1, -0.05) is 46.3 Å². The Kier molecular flexibility index (Phi) is 9.66. The van der Waals surface area contributed by atoms with Gasteiger partial charge < -0.3 is 14.8 Å². The monoisotopic (exact) mass is 587 g/mol. The van der Waals surface area contributed by atoms with Gasteiger partial charge in [-0.15, -0.1) is 0 Å². The molecular weight excluding hydrogens is 566 g/mol. The third-order valence-corrected chi connectivity index (χ3v) is 5.71. The maximum atomic E-state index is 12.0. The zero-order valence-electron chi connectivity index (χ0n) is 18.4. The van der Waals surface area contributed by atoms with E-state index in [1.807, 2.05) is 48.5 Å². The second-order valence-corrected chi connectivity index (χ2v) is 8.93. The lowest BCUT2D eigenvalue weighted by atomic mass is 10.2. The second kappa shape index (κ2) is 12.9. The Balaban J connectivity index is 1.51. The van der Waals surface area contributed by atoms with Crippen molar-refractivity contribution in [1.82, 2.24) is 5.43 Å². The molecule has 0 spiro atoms. The number of amides is 2. The highest BCUT2D eigenvalue weighted by Crippen LogP contribution is 2.36. The lowest BCUT2D eigenvalue weighted by molar-refractivity contribution is -0.124. The van der Waals surface area contributed by atoms with Crippen LogP contribution < -0.4 is 20.2 Å². The molecule has 0 aliphatic carbocycles. The Labute approximate surface area is 214 Å². The van der Waals surface area contributed by atoms with E-state index < -0.39 is 0 Å². The molecule has 0 atom stereocenters. The number of nitrogens with zero attached hydrogens (tertiary/aromatic N) is 1. The first-order chi connectivity index (χ1) is 16.4. The van der Waals surface area contributed by atoms with Gasteiger partial charge in [-0.05, 0) is 63.5 Å². The highest BCUT2D eigenvalue weighted by molar-refractivity contribution is 9.10. The third kappa shape index (κ3) is 8.00. The first-order valence-corrected chi connectivity index (χ1v) is 11.9. The minimum absolute atomic E-state index is 0.0197. The van der Waals surface area contributed by atoms with Crippen molar-refractivity contribution in [3.05, 3.63) is 86.8 Å². The van der Waals surface area contributed by atoms with Crippen LogP contribution in [0.4, 0.5) is 5.69 Å². The first-order valence-electron chi connectivity index (χ1n) is 10.4. The van der Waals surface area contributed by atoms with Crippen LogP contribution in [0.3, 0.4) is 0 Å². The number of carbonyl (C=O) groups is 2. The Bertz CT molecular complexity index is 1150. The second-order valence-electron chi connectivity index (χ2n) is 7.16. The van der Waals surface area contributed by atoms with Gasteiger partial charge in [0.25, 0.3) is 0 Å². The molecule has 0 aliphatic rings. The van der Waals surface area contributed by atoms with Gasteiger partial charge in [0, 0.05) is 23.0 Å². The van der Waals surface area contributed by atoms with E-state index in [0.29, 0.717) is 33.8 Å². The van der Waals surface area contributed by atoms with Crippen LogP contribution in [0.1, 0.15) is 24.0 Å². The van der Waals surface area contributed by atoms with E-state index in [-0.39, 0.29) is 24.7 Å². The summed E-state index contributed by atoms with van der Waals surface area (Å²) < 4.78 is 13.1. The average molecular weight is 589 g/mol. The third-order valence-electron chi connectivity index (χ3n) is 4.59. The van der Waals surface area contributed by atoms with Gasteiger partial charge in [0.1, 0.15) is 6.61 Å². The molecule has 0 bridgehead atoms. The summed E-state index contributed by atoms with van der Waals surface area (Å²) in [6.45, 7) is 0.379. The molecule has 9 heteroatoms. The molecule has 0 radical (unpaired) electrons. The van der Waals surface area contributed by atoms with Gasteiger partial charge in [-0.3, -0.25) is 9.59 Å². The van der Waals surface area contributed by atoms with Gasteiger partial charge in [-0.2, -0.15) is 5.10 Å². The molecular formula is C25H23Br2N3O4. The van der Waals surface area contributed by atoms with E-state index in [2.05, 4.69) is 47.7 Å². The number of rotatable bonds is 10. The predicted octanol–water partition coefficient (Wildman–Crippen LogP) is 5.67. The summed E-state index contributed by atoms with van der Waals surface area (Å²) in [6.07, 6.45) is 1.57. The Morgan fingerprint density at radius 3 is 2.38 bits per heavy atom. The number of hydrogen-bond acceptors (Lipinski definition) is 5. The molecule has 3 rings (SSSR count). The summed E-state index contributed by atoms with van der Waals surface area (Å²) in [4.78, 5) is 24.0. The first kappa shape index (κ1) is 25.5. The summed E-state index contributed by atoms with van der Waals surface area (Å²) in [5, 5.41) is 6.71. The number of anilines is 1. The van der Waals surface area contributed by atoms with Crippen molar-refractivity contribution < 1.29 is 19.1 Å². The smallest absolute Gasteiger partial charge is 0.240 e. The lowest BCUT2D eigenvalue weighted by Crippen LogP contribution is -2.20. The highest BCUT2D eigenvalue weighted by atomic mass is 79.9. The average Bonchev–Trinajstić information content (AvgIpc) is 2.83. The van der Waals surface area contributed by atoms with Crippen molar-refractivity contribution in [2.45, 2.75) is 19.4 Å². The maximum Gasteiger partial charge on any atom is 0.240 e. The van der Waals surface area contributed by atoms with Crippen LogP contribution in [0, 0.1) is 0 Å². The molecule has 0 aromatic heterocycles. The van der Waals surface area contributed by atoms with Crippen LogP contribution in [-0.2, 0) is 16.2 Å². The Morgan fingerprint density at radius 2 is 1.68 bits per heavy atom. The molecule has 3 aromatic rings. The molecule has 34 heavy (non-hydrogen) atoms. The van der Waals surface area contributed by atoms with E-state index in [0.717, 1.165) is 10.0 Å². The van der Waals surface area contributed by atoms with Gasteiger partial charge >= 0.3 is 0 Å². The summed E-state index contributed by atoms with van der Waals surface area (Å²) in [7, 11) is 1.55. The summed E-state index contributed by atoms with van der Waals surface area (Å²) >= 11 is 6.92. The van der Waals surface area contributed by atoms with E-state index in [9.17, 15) is 9.59 Å². The maximum absolute atomic E-state index is 12.0. The summed E-state index contributed by atoms with van der Waals surface area (Å²) in [5.74, 6) is 0.491. The van der Waals surface area contributed by atoms with Crippen molar-refractivity contribution in [3.63, 3.8) is 0 Å². The molecule has 3 aromatic carbocycles. The minimum Gasteiger partial charge on any atom is -0.493 e. The van der Waals surface area contributed by atoms with Crippen LogP contribution >= 0.6 is 31.9 Å². The lowest BCUT2D eigenvalue weighted by Gasteiger charge is -2.13. The van der Waals surface area contributed by atoms with Crippen molar-refractivity contribution in [2.75, 3.05) is 12.4 Å². The molecule has 0 fully saturated rings. The van der Waals surface area contributed by atoms with Crippen LogP contribution in [-0.4, -0.2) is 25.1 Å². The molecule has 176 valence electrons. The molecule has 7 nitrogen and oxygen atoms in total. The molecule has 2 amide bonds. The Hall–Kier alpha value is -3.17. The predicted molar refractivity (Wildman–Crippen MR) is 139 cm³/mol. The largest absolute Gasteiger partial charge is 0.493 e. The van der Waals surface area contributed by atoms with Gasteiger partial charge in [0.2, 0.25) is 11.8 Å². The Morgan fingerprint density at radius 1 is 0.971 bits per heavy atom. The van der Waals surface area contributed by atoms with Crippen LogP contribution in [0.5, 0.6) is 11.5 Å². The number of hydrogen-bond donors (Lipinski definition) is 2. The van der Waals surface area contributed by atoms with Crippen LogP contribution in [0.15, 0.2) is 80.8 Å². The van der Waals surface area contributed by atoms with Crippen molar-refractivity contribution in [1.29, 1.82) is 0 Å². The number of hydrazone groups is 1. The van der Waals surface area contributed by atoms with Gasteiger partial charge in [0.15, 0.2) is 11.5 Å². The molecule has 0 aliphatic heterocycles. The topological polar surface area (TPSA) is 89.0 Å². The van der Waals surface area contributed by atoms with E-state index >= 15 is 0 Å². The number of carbonyl (C=O) groups excluding carboxylic acids is 2. The highest BCUT2D eigenvalue weighted by Gasteiger charge is 2.12. The van der Waals surface area contributed by atoms with Crippen LogP contribution in [0.25, 0.3) is 0 Å². The number of ether oxygens (including phenoxy) is 2. The quantitative estimate of drug-likeness (QED) is 0.236. The minimum atomic E-state index is -0.361. The fourth-order valence-electron chi connectivity index (χ4n) is 2.90. The van der Waals surface area contributed by atoms with E-state index in [1.165, 1.54) is 6.21 Å². The standard InChI is InChI=1S/C25H23Br2N3O4/c1-33-22-14-18(13-21(27)25(22)34-16-17-7-9-19(26)10-8-17)15-28-30-24(32)12-11-23(31)29-20-5-3-2-4-6-20/h2-10,13-15H,11-12,16H2,1H3,(H,29,31)(H,30,32). The normalized spacial score (nSPS) is 10.7. The molecule has 0 saturated heterocycles. The summed E-state index contributed by atoms with van der Waals surface area (Å²) in [6, 6.07) is 20.5. The number of nitrogens with one attached hydrogen (secondary N) is 2. The zero-order valence-corrected chi connectivity index (χ0v) is 21.6. The van der Waals surface area contributed by atoms with Crippen molar-refractivity contribution in [2.24, 2.45) is 5.10 Å². The number of halogens is 2. The molecule has 0 heterocycles. The van der Waals surface area contributed by atoms with Crippen molar-refractivity contribution >= 4 is 55.6 Å². The van der Waals surface area contributed by atoms with E-state index in [4.69, 9.17) is 9.47 Å². The fraction of sp³-hybridized carbons (Fsp3) is 0.160. The fourth-order valence-corrected chi connectivity index (χ4v) is 3.74. The van der Waals surface area contributed by atoms with E-state index in [1.54, 1.807) is 25.3 Å². The van der Waals surface area contributed by atoms with Crippen molar-refractivity contribution in [3.8, 4) is 11.5 Å². The number of methoxy groups -OCH3 is 1. The summed E-state index contributed by atoms with van der Waals surface area (Å²) in [5.41, 5.74) is 4.83.